The van der Waals surface area contributed by atoms with Gasteiger partial charge in [0.25, 0.3) is 5.91 Å². The fourth-order valence-electron chi connectivity index (χ4n) is 3.10. The molecule has 2 fully saturated rings. The number of ether oxygens (including phenoxy) is 1. The number of carbonyl (C=O) groups excluding carboxylic acids is 3. The number of benzene rings is 1. The molecule has 0 aromatic heterocycles. The third kappa shape index (κ3) is 3.49. The molecule has 0 radical (unpaired) electrons. The largest absolute Gasteiger partial charge is 0.477 e. The fraction of sp³-hybridized carbons (Fsp3) is 0.412. The molecule has 27 heavy (non-hydrogen) atoms. The smallest absolute Gasteiger partial charge is 0.372 e. The molecule has 144 valence electrons. The molecule has 2 aliphatic rings. The van der Waals surface area contributed by atoms with Gasteiger partial charge in [0.15, 0.2) is 0 Å². The first-order valence-corrected chi connectivity index (χ1v) is 8.36. The SMILES string of the molecule is NCc1ccccc1CC(=O)N[C@H]1CON(C2(C(=O)O)CCC(=O)O2)C1=O. The van der Waals surface area contributed by atoms with Gasteiger partial charge < -0.3 is 20.9 Å². The molecule has 1 aromatic carbocycles. The Hall–Kier alpha value is -2.98. The summed E-state index contributed by atoms with van der Waals surface area (Å²) in [5.74, 6) is -3.47. The predicted octanol–water partition coefficient (Wildman–Crippen LogP) is -0.936. The molecule has 4 N–H and O–H groups in total. The van der Waals surface area contributed by atoms with Crippen LogP contribution >= 0.6 is 0 Å². The first kappa shape index (κ1) is 18.8. The van der Waals surface area contributed by atoms with Crippen molar-refractivity contribution in [2.75, 3.05) is 6.61 Å². The molecule has 2 heterocycles. The van der Waals surface area contributed by atoms with Crippen LogP contribution in [0.5, 0.6) is 0 Å². The molecule has 10 nitrogen and oxygen atoms in total. The molecule has 1 aromatic rings. The van der Waals surface area contributed by atoms with E-state index >= 15 is 0 Å². The summed E-state index contributed by atoms with van der Waals surface area (Å²) in [7, 11) is 0. The summed E-state index contributed by atoms with van der Waals surface area (Å²) >= 11 is 0. The van der Waals surface area contributed by atoms with Crippen molar-refractivity contribution in [1.82, 2.24) is 10.4 Å². The van der Waals surface area contributed by atoms with E-state index in [1.165, 1.54) is 0 Å². The number of hydroxylamine groups is 2. The fourth-order valence-corrected chi connectivity index (χ4v) is 3.10. The molecular formula is C17H19N3O7. The zero-order chi connectivity index (χ0) is 19.6. The Balaban J connectivity index is 1.67. The van der Waals surface area contributed by atoms with E-state index in [2.05, 4.69) is 5.32 Å². The second kappa shape index (κ2) is 7.33. The molecule has 2 amide bonds. The van der Waals surface area contributed by atoms with E-state index in [-0.39, 0.29) is 32.4 Å². The summed E-state index contributed by atoms with van der Waals surface area (Å²) in [4.78, 5) is 53.0. The monoisotopic (exact) mass is 377 g/mol. The Bertz CT molecular complexity index is 796. The van der Waals surface area contributed by atoms with Crippen LogP contribution in [0.25, 0.3) is 0 Å². The normalized spacial score (nSPS) is 24.8. The van der Waals surface area contributed by atoms with Crippen LogP contribution in [0.1, 0.15) is 24.0 Å². The number of carboxylic acids is 1. The number of amides is 2. The highest BCUT2D eigenvalue weighted by Crippen LogP contribution is 2.34. The van der Waals surface area contributed by atoms with Crippen LogP contribution in [0.2, 0.25) is 0 Å². The Kier molecular flexibility index (Phi) is 5.10. The minimum Gasteiger partial charge on any atom is -0.477 e. The van der Waals surface area contributed by atoms with Crippen molar-refractivity contribution >= 4 is 23.8 Å². The van der Waals surface area contributed by atoms with E-state index < -0.39 is 35.5 Å². The number of rotatable bonds is 6. The lowest BCUT2D eigenvalue weighted by molar-refractivity contribution is -0.256. The van der Waals surface area contributed by atoms with Crippen LogP contribution in [-0.2, 0) is 41.7 Å². The number of hydrogen-bond acceptors (Lipinski definition) is 7. The molecule has 0 saturated carbocycles. The Morgan fingerprint density at radius 3 is 2.59 bits per heavy atom. The zero-order valence-corrected chi connectivity index (χ0v) is 14.3. The van der Waals surface area contributed by atoms with Crippen molar-refractivity contribution in [1.29, 1.82) is 0 Å². The van der Waals surface area contributed by atoms with Crippen LogP contribution in [0.3, 0.4) is 0 Å². The summed E-state index contributed by atoms with van der Waals surface area (Å²) in [6.45, 7) is 0.0187. The summed E-state index contributed by atoms with van der Waals surface area (Å²) in [6.07, 6.45) is -0.361. The molecule has 1 unspecified atom stereocenters. The quantitative estimate of drug-likeness (QED) is 0.538. The van der Waals surface area contributed by atoms with Crippen molar-refractivity contribution in [3.8, 4) is 0 Å². The highest BCUT2D eigenvalue weighted by atomic mass is 16.7. The van der Waals surface area contributed by atoms with Gasteiger partial charge in [0.1, 0.15) is 12.6 Å². The van der Waals surface area contributed by atoms with Crippen LogP contribution in [0.15, 0.2) is 24.3 Å². The van der Waals surface area contributed by atoms with Crippen LogP contribution in [0, 0.1) is 0 Å². The van der Waals surface area contributed by atoms with Crippen LogP contribution in [-0.4, -0.2) is 52.3 Å². The Morgan fingerprint density at radius 1 is 1.30 bits per heavy atom. The second-order valence-corrected chi connectivity index (χ2v) is 6.26. The maximum absolute atomic E-state index is 12.5. The number of cyclic esters (lactones) is 1. The van der Waals surface area contributed by atoms with Gasteiger partial charge in [-0.2, -0.15) is 5.06 Å². The second-order valence-electron chi connectivity index (χ2n) is 6.26. The molecule has 0 spiro atoms. The third-order valence-corrected chi connectivity index (χ3v) is 4.51. The number of aliphatic carboxylic acids is 1. The van der Waals surface area contributed by atoms with Gasteiger partial charge in [-0.15, -0.1) is 0 Å². The van der Waals surface area contributed by atoms with E-state index in [0.29, 0.717) is 5.06 Å². The van der Waals surface area contributed by atoms with Crippen molar-refractivity contribution in [2.45, 2.75) is 37.6 Å². The molecule has 10 heteroatoms. The first-order valence-electron chi connectivity index (χ1n) is 8.36. The van der Waals surface area contributed by atoms with E-state index in [4.69, 9.17) is 15.3 Å². The van der Waals surface area contributed by atoms with Crippen molar-refractivity contribution in [3.05, 3.63) is 35.4 Å². The maximum atomic E-state index is 12.5. The van der Waals surface area contributed by atoms with E-state index in [9.17, 15) is 24.3 Å². The van der Waals surface area contributed by atoms with E-state index in [1.54, 1.807) is 18.2 Å². The maximum Gasteiger partial charge on any atom is 0.372 e. The van der Waals surface area contributed by atoms with E-state index in [1.807, 2.05) is 6.07 Å². The van der Waals surface area contributed by atoms with Gasteiger partial charge in [-0.3, -0.25) is 19.2 Å². The predicted molar refractivity (Wildman–Crippen MR) is 88.5 cm³/mol. The first-order chi connectivity index (χ1) is 12.9. The minimum atomic E-state index is -2.19. The lowest BCUT2D eigenvalue weighted by Gasteiger charge is -2.30. The highest BCUT2D eigenvalue weighted by molar-refractivity contribution is 5.94. The summed E-state index contributed by atoms with van der Waals surface area (Å²) < 4.78 is 4.86. The van der Waals surface area contributed by atoms with Crippen LogP contribution < -0.4 is 11.1 Å². The van der Waals surface area contributed by atoms with E-state index in [0.717, 1.165) is 11.1 Å². The summed E-state index contributed by atoms with van der Waals surface area (Å²) in [5.41, 5.74) is 4.99. The number of nitrogens with one attached hydrogen (secondary N) is 1. The minimum absolute atomic E-state index is 0.0101. The molecule has 0 bridgehead atoms. The third-order valence-electron chi connectivity index (χ3n) is 4.51. The van der Waals surface area contributed by atoms with Gasteiger partial charge in [-0.1, -0.05) is 24.3 Å². The van der Waals surface area contributed by atoms with Crippen molar-refractivity contribution in [3.63, 3.8) is 0 Å². The van der Waals surface area contributed by atoms with Gasteiger partial charge in [0.2, 0.25) is 5.91 Å². The Morgan fingerprint density at radius 2 is 2.00 bits per heavy atom. The molecule has 3 rings (SSSR count). The number of carbonyl (C=O) groups is 4. The molecule has 0 aliphatic carbocycles. The van der Waals surface area contributed by atoms with Crippen LogP contribution in [0.4, 0.5) is 0 Å². The number of nitrogens with zero attached hydrogens (tertiary/aromatic N) is 1. The number of carboxylic acid groups (broad SMARTS) is 1. The molecular weight excluding hydrogens is 358 g/mol. The number of esters is 1. The van der Waals surface area contributed by atoms with Crippen molar-refractivity contribution in [2.24, 2.45) is 5.73 Å². The number of nitrogens with two attached hydrogens (primary N) is 1. The van der Waals surface area contributed by atoms with Gasteiger partial charge in [-0.05, 0) is 11.1 Å². The van der Waals surface area contributed by atoms with Gasteiger partial charge in [0, 0.05) is 13.0 Å². The van der Waals surface area contributed by atoms with Gasteiger partial charge in [0.05, 0.1) is 12.8 Å². The average Bonchev–Trinajstić information content (AvgIpc) is 3.20. The van der Waals surface area contributed by atoms with Crippen molar-refractivity contribution < 1.29 is 33.9 Å². The number of hydrogen-bond donors (Lipinski definition) is 3. The standard InChI is InChI=1S/C17H19N3O7/c18-8-11-4-2-1-3-10(11)7-13(21)19-12-9-26-20(15(12)23)17(16(24)25)6-5-14(22)27-17/h1-4,12H,5-9,18H2,(H,19,21)(H,24,25)/t12-,17?/m0/s1. The van der Waals surface area contributed by atoms with Gasteiger partial charge in [-0.25, -0.2) is 4.79 Å². The molecule has 2 saturated heterocycles. The zero-order valence-electron chi connectivity index (χ0n) is 14.3. The Labute approximate surface area is 154 Å². The molecule has 2 atom stereocenters. The topological polar surface area (TPSA) is 148 Å². The average molecular weight is 377 g/mol. The lowest BCUT2D eigenvalue weighted by Crippen LogP contribution is -2.56. The lowest BCUT2D eigenvalue weighted by atomic mass is 10.0. The molecule has 2 aliphatic heterocycles. The summed E-state index contributed by atoms with van der Waals surface area (Å²) in [6, 6.07) is 6.08. The summed E-state index contributed by atoms with van der Waals surface area (Å²) in [5, 5.41) is 12.5. The highest BCUT2D eigenvalue weighted by Gasteiger charge is 2.59. The van der Waals surface area contributed by atoms with Gasteiger partial charge >= 0.3 is 17.7 Å².